The van der Waals surface area contributed by atoms with Gasteiger partial charge in [0.25, 0.3) is 5.08 Å². The van der Waals surface area contributed by atoms with Gasteiger partial charge in [-0.25, -0.2) is 0 Å². The molecule has 1 aromatic rings. The Labute approximate surface area is 128 Å². The monoisotopic (exact) mass is 358 g/mol. The summed E-state index contributed by atoms with van der Waals surface area (Å²) in [5, 5.41) is 8.67. The fraction of sp³-hybridized carbons (Fsp3) is 0.455. The highest BCUT2D eigenvalue weighted by atomic mass is 35.5. The highest BCUT2D eigenvalue weighted by Gasteiger charge is 2.65. The zero-order chi connectivity index (χ0) is 16.3. The minimum Gasteiger partial charge on any atom is -0.364 e. The van der Waals surface area contributed by atoms with E-state index in [1.807, 2.05) is 0 Å². The van der Waals surface area contributed by atoms with Gasteiger partial charge in [-0.05, 0) is 12.1 Å². The maximum absolute atomic E-state index is 12.8. The molecule has 0 amide bonds. The number of benzene rings is 1. The lowest BCUT2D eigenvalue weighted by molar-refractivity contribution is 0.103. The van der Waals surface area contributed by atoms with Gasteiger partial charge in [0, 0.05) is 39.0 Å². The predicted octanol–water partition coefficient (Wildman–Crippen LogP) is 3.41. The van der Waals surface area contributed by atoms with Crippen molar-refractivity contribution in [3.8, 4) is 0 Å². The van der Waals surface area contributed by atoms with E-state index in [2.05, 4.69) is 0 Å². The lowest BCUT2D eigenvalue weighted by Gasteiger charge is -2.36. The lowest BCUT2D eigenvalue weighted by Crippen LogP contribution is -2.29. The first-order valence-corrected chi connectivity index (χ1v) is 9.12. The molecule has 0 aliphatic carbocycles. The molecule has 0 spiro atoms. The first-order chi connectivity index (χ1) is 9.74. The number of aliphatic hydroxyl groups is 1. The third-order valence-corrected chi connectivity index (χ3v) is 8.65. The molecule has 1 rings (SSSR count). The second-order valence-corrected chi connectivity index (χ2v) is 9.40. The van der Waals surface area contributed by atoms with Crippen molar-refractivity contribution in [3.63, 3.8) is 0 Å². The Morgan fingerprint density at radius 3 is 1.52 bits per heavy atom. The molecule has 0 aliphatic rings. The van der Waals surface area contributed by atoms with Gasteiger partial charge in [0.15, 0.2) is 0 Å². The topological polar surface area (TPSA) is 91.3 Å². The Balaban J connectivity index is 3.69. The maximum Gasteiger partial charge on any atom is 0.378 e. The minimum atomic E-state index is -4.30. The van der Waals surface area contributed by atoms with E-state index in [9.17, 15) is 14.2 Å². The molecule has 0 saturated carbocycles. The Morgan fingerprint density at radius 1 is 0.905 bits per heavy atom. The Kier molecular flexibility index (Phi) is 6.18. The van der Waals surface area contributed by atoms with E-state index in [-0.39, 0.29) is 5.56 Å². The zero-order valence-corrected chi connectivity index (χ0v) is 14.5. The summed E-state index contributed by atoms with van der Waals surface area (Å²) in [5.41, 5.74) is -0.0361. The smallest absolute Gasteiger partial charge is 0.364 e. The van der Waals surface area contributed by atoms with E-state index >= 15 is 0 Å². The fourth-order valence-electron chi connectivity index (χ4n) is 1.80. The fourth-order valence-corrected chi connectivity index (χ4v) is 6.35. The van der Waals surface area contributed by atoms with Crippen LogP contribution in [0.2, 0.25) is 5.02 Å². The third-order valence-electron chi connectivity index (χ3n) is 2.96. The normalized spacial score (nSPS) is 13.4. The van der Waals surface area contributed by atoms with Crippen LogP contribution in [0.3, 0.4) is 0 Å². The third kappa shape index (κ3) is 2.98. The average Bonchev–Trinajstić information content (AvgIpc) is 2.52. The Morgan fingerprint density at radius 2 is 1.24 bits per heavy atom. The van der Waals surface area contributed by atoms with Crippen molar-refractivity contribution < 1.29 is 32.3 Å². The van der Waals surface area contributed by atoms with Gasteiger partial charge in [0.05, 0.1) is 0 Å². The molecule has 0 unspecified atom stereocenters. The summed E-state index contributed by atoms with van der Waals surface area (Å²) >= 11 is 5.78. The Hall–Kier alpha value is -0.230. The molecule has 0 aliphatic heterocycles. The zero-order valence-electron chi connectivity index (χ0n) is 12.0. The molecule has 0 fully saturated rings. The maximum atomic E-state index is 12.8. The van der Waals surface area contributed by atoms with Crippen LogP contribution in [0.4, 0.5) is 0 Å². The molecule has 0 aromatic heterocycles. The summed E-state index contributed by atoms with van der Waals surface area (Å²) < 4.78 is 44.7. The predicted molar refractivity (Wildman–Crippen MR) is 78.6 cm³/mol. The molecule has 0 heterocycles. The molecular formula is C11H17ClO7P2. The van der Waals surface area contributed by atoms with E-state index in [0.717, 1.165) is 28.4 Å². The number of halogens is 1. The molecule has 7 nitrogen and oxygen atoms in total. The van der Waals surface area contributed by atoms with Gasteiger partial charge in [0.1, 0.15) is 0 Å². The summed E-state index contributed by atoms with van der Waals surface area (Å²) in [4.78, 5) is 0. The molecule has 1 N–H and O–H groups in total. The number of hydrogen-bond donors (Lipinski definition) is 1. The van der Waals surface area contributed by atoms with Gasteiger partial charge in [-0.1, -0.05) is 23.7 Å². The van der Waals surface area contributed by atoms with E-state index < -0.39 is 20.3 Å². The van der Waals surface area contributed by atoms with Crippen molar-refractivity contribution >= 4 is 26.8 Å². The van der Waals surface area contributed by atoms with Crippen molar-refractivity contribution in [1.82, 2.24) is 0 Å². The molecule has 0 bridgehead atoms. The van der Waals surface area contributed by atoms with Crippen LogP contribution in [-0.4, -0.2) is 33.5 Å². The molecule has 0 radical (unpaired) electrons. The van der Waals surface area contributed by atoms with E-state index in [1.54, 1.807) is 0 Å². The van der Waals surface area contributed by atoms with Gasteiger partial charge in [-0.2, -0.15) is 0 Å². The van der Waals surface area contributed by atoms with Crippen LogP contribution < -0.4 is 0 Å². The molecular weight excluding hydrogens is 342 g/mol. The average molecular weight is 359 g/mol. The van der Waals surface area contributed by atoms with Crippen LogP contribution in [-0.2, 0) is 32.3 Å². The van der Waals surface area contributed by atoms with Crippen LogP contribution in [0.25, 0.3) is 0 Å². The number of rotatable bonds is 7. The van der Waals surface area contributed by atoms with E-state index in [1.165, 1.54) is 24.3 Å². The van der Waals surface area contributed by atoms with Crippen molar-refractivity contribution in [2.75, 3.05) is 28.4 Å². The van der Waals surface area contributed by atoms with Crippen molar-refractivity contribution in [2.24, 2.45) is 0 Å². The van der Waals surface area contributed by atoms with E-state index in [4.69, 9.17) is 29.7 Å². The van der Waals surface area contributed by atoms with Crippen molar-refractivity contribution in [2.45, 2.75) is 5.08 Å². The summed E-state index contributed by atoms with van der Waals surface area (Å²) in [6.07, 6.45) is 0. The number of hydrogen-bond acceptors (Lipinski definition) is 7. The second kappa shape index (κ2) is 6.90. The van der Waals surface area contributed by atoms with Crippen LogP contribution in [0, 0.1) is 0 Å². The molecule has 1 aromatic carbocycles. The molecule has 120 valence electrons. The standard InChI is InChI=1S/C11H17ClO7P2/c1-16-20(14,17-2)11(13,21(15,18-3)19-4)9-5-7-10(12)8-6-9/h5-8,13H,1-4H3. The molecule has 0 atom stereocenters. The van der Waals surface area contributed by atoms with Crippen molar-refractivity contribution in [3.05, 3.63) is 34.9 Å². The quantitative estimate of drug-likeness (QED) is 0.747. The highest BCUT2D eigenvalue weighted by Crippen LogP contribution is 2.80. The van der Waals surface area contributed by atoms with Crippen LogP contribution in [0.5, 0.6) is 0 Å². The summed E-state index contributed by atoms with van der Waals surface area (Å²) in [6, 6.07) is 5.51. The molecule has 21 heavy (non-hydrogen) atoms. The summed E-state index contributed by atoms with van der Waals surface area (Å²) in [7, 11) is -4.37. The summed E-state index contributed by atoms with van der Waals surface area (Å²) in [5.74, 6) is 0. The highest BCUT2D eigenvalue weighted by molar-refractivity contribution is 7.73. The van der Waals surface area contributed by atoms with Crippen molar-refractivity contribution in [1.29, 1.82) is 0 Å². The van der Waals surface area contributed by atoms with Gasteiger partial charge < -0.3 is 23.2 Å². The molecule has 10 heteroatoms. The first kappa shape index (κ1) is 18.8. The lowest BCUT2D eigenvalue weighted by atomic mass is 10.2. The van der Waals surface area contributed by atoms with Gasteiger partial charge in [-0.3, -0.25) is 9.13 Å². The Bertz CT molecular complexity index is 532. The molecule has 0 saturated heterocycles. The second-order valence-electron chi connectivity index (χ2n) is 3.87. The minimum absolute atomic E-state index is 0.0361. The summed E-state index contributed by atoms with van der Waals surface area (Å²) in [6.45, 7) is 0. The van der Waals surface area contributed by atoms with Crippen LogP contribution >= 0.6 is 26.8 Å². The van der Waals surface area contributed by atoms with Gasteiger partial charge >= 0.3 is 15.2 Å². The van der Waals surface area contributed by atoms with Gasteiger partial charge in [-0.15, -0.1) is 0 Å². The largest absolute Gasteiger partial charge is 0.378 e. The van der Waals surface area contributed by atoms with Crippen LogP contribution in [0.1, 0.15) is 5.56 Å². The SMILES string of the molecule is COP(=O)(OC)C(O)(c1ccc(Cl)cc1)P(=O)(OC)OC. The van der Waals surface area contributed by atoms with Crippen LogP contribution in [0.15, 0.2) is 24.3 Å². The van der Waals surface area contributed by atoms with E-state index in [0.29, 0.717) is 5.02 Å². The first-order valence-electron chi connectivity index (χ1n) is 5.66. The van der Waals surface area contributed by atoms with Gasteiger partial charge in [0.2, 0.25) is 0 Å².